The van der Waals surface area contributed by atoms with E-state index in [1.54, 1.807) is 0 Å². The summed E-state index contributed by atoms with van der Waals surface area (Å²) in [6.07, 6.45) is -0.0489. The summed E-state index contributed by atoms with van der Waals surface area (Å²) in [5.41, 5.74) is 0.242. The van der Waals surface area contributed by atoms with Gasteiger partial charge in [-0.25, -0.2) is 13.6 Å². The molecule has 18 heavy (non-hydrogen) atoms. The van der Waals surface area contributed by atoms with Crippen molar-refractivity contribution < 1.29 is 18.7 Å². The summed E-state index contributed by atoms with van der Waals surface area (Å²) in [5.74, 6) is -0.980. The maximum atomic E-state index is 13.6. The Bertz CT molecular complexity index is 454. The van der Waals surface area contributed by atoms with E-state index in [4.69, 9.17) is 5.11 Å². The lowest BCUT2D eigenvalue weighted by Gasteiger charge is -2.30. The average molecular weight is 256 g/mol. The van der Waals surface area contributed by atoms with Crippen LogP contribution >= 0.6 is 0 Å². The van der Waals surface area contributed by atoms with Gasteiger partial charge >= 0.3 is 6.09 Å². The molecule has 0 saturated carbocycles. The van der Waals surface area contributed by atoms with E-state index in [2.05, 4.69) is 10.6 Å². The summed E-state index contributed by atoms with van der Waals surface area (Å²) in [7, 11) is 0. The number of carbonyl (C=O) groups is 1. The lowest BCUT2D eigenvalue weighted by Crippen LogP contribution is -2.43. The van der Waals surface area contributed by atoms with Crippen molar-refractivity contribution in [3.05, 3.63) is 35.4 Å². The van der Waals surface area contributed by atoms with Crippen LogP contribution in [0.5, 0.6) is 0 Å². The lowest BCUT2D eigenvalue weighted by atomic mass is 9.93. The van der Waals surface area contributed by atoms with Crippen LogP contribution in [0.15, 0.2) is 18.2 Å². The predicted octanol–water partition coefficient (Wildman–Crippen LogP) is 2.03. The van der Waals surface area contributed by atoms with Gasteiger partial charge in [-0.1, -0.05) is 0 Å². The zero-order chi connectivity index (χ0) is 13.1. The van der Waals surface area contributed by atoms with Gasteiger partial charge in [0.25, 0.3) is 0 Å². The molecular formula is C12H14F2N2O2. The van der Waals surface area contributed by atoms with Crippen LogP contribution < -0.4 is 10.6 Å². The molecule has 2 atom stereocenters. The van der Waals surface area contributed by atoms with Gasteiger partial charge < -0.3 is 15.7 Å². The fourth-order valence-electron chi connectivity index (χ4n) is 2.24. The van der Waals surface area contributed by atoms with Crippen molar-refractivity contribution in [3.63, 3.8) is 0 Å². The number of benzene rings is 1. The molecule has 2 unspecified atom stereocenters. The average Bonchev–Trinajstić information content (AvgIpc) is 2.32. The molecule has 1 aromatic rings. The topological polar surface area (TPSA) is 61.4 Å². The molecule has 1 aliphatic rings. The van der Waals surface area contributed by atoms with E-state index in [0.717, 1.165) is 18.2 Å². The Balaban J connectivity index is 2.12. The number of amides is 1. The minimum atomic E-state index is -1.10. The molecule has 98 valence electrons. The van der Waals surface area contributed by atoms with Crippen LogP contribution in [-0.4, -0.2) is 23.8 Å². The molecule has 1 amide bonds. The fourth-order valence-corrected chi connectivity index (χ4v) is 2.24. The quantitative estimate of drug-likeness (QED) is 0.758. The summed E-state index contributed by atoms with van der Waals surface area (Å²) >= 11 is 0. The first-order valence-electron chi connectivity index (χ1n) is 5.74. The number of carboxylic acid groups (broad SMARTS) is 1. The Morgan fingerprint density at radius 1 is 1.44 bits per heavy atom. The highest BCUT2D eigenvalue weighted by Gasteiger charge is 2.25. The molecule has 0 aliphatic carbocycles. The SMILES string of the molecule is O=C(O)NC1CCNC(c2cc(F)ccc2F)C1. The van der Waals surface area contributed by atoms with Gasteiger partial charge in [0, 0.05) is 17.6 Å². The van der Waals surface area contributed by atoms with Crippen molar-refractivity contribution in [2.45, 2.75) is 24.9 Å². The summed E-state index contributed by atoms with van der Waals surface area (Å²) in [4.78, 5) is 10.6. The van der Waals surface area contributed by atoms with E-state index >= 15 is 0 Å². The second-order valence-corrected chi connectivity index (χ2v) is 4.34. The van der Waals surface area contributed by atoms with Gasteiger partial charge in [-0.15, -0.1) is 0 Å². The van der Waals surface area contributed by atoms with E-state index in [0.29, 0.717) is 19.4 Å². The molecule has 0 radical (unpaired) electrons. The number of hydrogen-bond donors (Lipinski definition) is 3. The number of rotatable bonds is 2. The molecule has 3 N–H and O–H groups in total. The van der Waals surface area contributed by atoms with Crippen LogP contribution in [0.4, 0.5) is 13.6 Å². The zero-order valence-corrected chi connectivity index (χ0v) is 9.62. The van der Waals surface area contributed by atoms with Crippen LogP contribution in [0.2, 0.25) is 0 Å². The normalized spacial score (nSPS) is 23.7. The Hall–Kier alpha value is -1.69. The first-order valence-corrected chi connectivity index (χ1v) is 5.74. The van der Waals surface area contributed by atoms with Gasteiger partial charge in [0.15, 0.2) is 0 Å². The van der Waals surface area contributed by atoms with Crippen molar-refractivity contribution in [1.82, 2.24) is 10.6 Å². The highest BCUT2D eigenvalue weighted by molar-refractivity contribution is 5.64. The van der Waals surface area contributed by atoms with E-state index in [1.165, 1.54) is 0 Å². The van der Waals surface area contributed by atoms with Crippen molar-refractivity contribution in [3.8, 4) is 0 Å². The van der Waals surface area contributed by atoms with Gasteiger partial charge in [0.1, 0.15) is 11.6 Å². The van der Waals surface area contributed by atoms with Gasteiger partial charge in [0.05, 0.1) is 0 Å². The molecule has 1 aromatic carbocycles. The van der Waals surface area contributed by atoms with Gasteiger partial charge in [0.2, 0.25) is 0 Å². The van der Waals surface area contributed by atoms with Gasteiger partial charge in [-0.2, -0.15) is 0 Å². The maximum Gasteiger partial charge on any atom is 0.404 e. The smallest absolute Gasteiger partial charge is 0.404 e. The molecule has 1 aliphatic heterocycles. The van der Waals surface area contributed by atoms with Gasteiger partial charge in [-0.3, -0.25) is 0 Å². The molecule has 2 rings (SSSR count). The summed E-state index contributed by atoms with van der Waals surface area (Å²) in [5, 5.41) is 14.1. The summed E-state index contributed by atoms with van der Waals surface area (Å²) < 4.78 is 26.7. The van der Waals surface area contributed by atoms with Crippen LogP contribution in [0.25, 0.3) is 0 Å². The Kier molecular flexibility index (Phi) is 3.76. The second-order valence-electron chi connectivity index (χ2n) is 4.34. The van der Waals surface area contributed by atoms with Crippen molar-refractivity contribution in [2.24, 2.45) is 0 Å². The second kappa shape index (κ2) is 5.30. The molecule has 1 heterocycles. The lowest BCUT2D eigenvalue weighted by molar-refractivity contribution is 0.184. The Labute approximate surface area is 103 Å². The van der Waals surface area contributed by atoms with E-state index in [-0.39, 0.29) is 17.6 Å². The highest BCUT2D eigenvalue weighted by atomic mass is 19.1. The molecule has 1 fully saturated rings. The standard InChI is InChI=1S/C12H14F2N2O2/c13-7-1-2-10(14)9(5-7)11-6-8(3-4-15-11)16-12(17)18/h1-2,5,8,11,15-16H,3-4,6H2,(H,17,18). The van der Waals surface area contributed by atoms with Crippen molar-refractivity contribution in [2.75, 3.05) is 6.54 Å². The first kappa shape index (κ1) is 12.8. The van der Waals surface area contributed by atoms with E-state index in [1.807, 2.05) is 0 Å². The molecule has 0 aromatic heterocycles. The third kappa shape index (κ3) is 2.95. The number of halogens is 2. The Morgan fingerprint density at radius 3 is 2.94 bits per heavy atom. The largest absolute Gasteiger partial charge is 0.465 e. The van der Waals surface area contributed by atoms with Crippen LogP contribution in [0.3, 0.4) is 0 Å². The minimum Gasteiger partial charge on any atom is -0.465 e. The van der Waals surface area contributed by atoms with E-state index < -0.39 is 17.7 Å². The number of piperidine rings is 1. The first-order chi connectivity index (χ1) is 8.56. The number of nitrogens with one attached hydrogen (secondary N) is 2. The van der Waals surface area contributed by atoms with Crippen molar-refractivity contribution in [1.29, 1.82) is 0 Å². The number of hydrogen-bond acceptors (Lipinski definition) is 2. The molecule has 6 heteroatoms. The van der Waals surface area contributed by atoms with Crippen molar-refractivity contribution >= 4 is 6.09 Å². The monoisotopic (exact) mass is 256 g/mol. The molecule has 0 spiro atoms. The zero-order valence-electron chi connectivity index (χ0n) is 9.62. The van der Waals surface area contributed by atoms with Crippen LogP contribution in [-0.2, 0) is 0 Å². The third-order valence-corrected chi connectivity index (χ3v) is 3.06. The Morgan fingerprint density at radius 2 is 2.22 bits per heavy atom. The molecule has 4 nitrogen and oxygen atoms in total. The minimum absolute atomic E-state index is 0.239. The van der Waals surface area contributed by atoms with Gasteiger partial charge in [-0.05, 0) is 37.6 Å². The fraction of sp³-hybridized carbons (Fsp3) is 0.417. The summed E-state index contributed by atoms with van der Waals surface area (Å²) in [6.45, 7) is 0.561. The third-order valence-electron chi connectivity index (χ3n) is 3.06. The maximum absolute atomic E-state index is 13.6. The molecule has 0 bridgehead atoms. The van der Waals surface area contributed by atoms with Crippen LogP contribution in [0, 0.1) is 11.6 Å². The van der Waals surface area contributed by atoms with Crippen LogP contribution in [0.1, 0.15) is 24.4 Å². The molecular weight excluding hydrogens is 242 g/mol. The predicted molar refractivity (Wildman–Crippen MR) is 61.3 cm³/mol. The van der Waals surface area contributed by atoms with E-state index in [9.17, 15) is 13.6 Å². The molecule has 1 saturated heterocycles. The highest BCUT2D eigenvalue weighted by Crippen LogP contribution is 2.26. The summed E-state index contributed by atoms with van der Waals surface area (Å²) in [6, 6.07) is 2.69.